The Kier molecular flexibility index (Phi) is 5.16. The number of oxime groups is 1. The van der Waals surface area contributed by atoms with Crippen molar-refractivity contribution in [3.05, 3.63) is 75.2 Å². The van der Waals surface area contributed by atoms with E-state index in [2.05, 4.69) is 5.16 Å². The normalized spacial score (nSPS) is 14.2. The van der Waals surface area contributed by atoms with E-state index in [9.17, 15) is 9.59 Å². The number of nitrogens with zero attached hydrogens (tertiary/aromatic N) is 2. The van der Waals surface area contributed by atoms with Crippen LogP contribution >= 0.6 is 0 Å². The monoisotopic (exact) mass is 404 g/mol. The molecule has 1 aromatic carbocycles. The summed E-state index contributed by atoms with van der Waals surface area (Å²) in [6.45, 7) is 5.70. The highest BCUT2D eigenvalue weighted by Gasteiger charge is 2.29. The highest BCUT2D eigenvalue weighted by atomic mass is 16.5. The molecule has 3 aromatic rings. The van der Waals surface area contributed by atoms with Gasteiger partial charge < -0.3 is 9.94 Å². The zero-order chi connectivity index (χ0) is 21.4. The maximum Gasteiger partial charge on any atom is 0.343 e. The fraction of sp³-hybridized carbons (Fsp3) is 0.292. The molecule has 30 heavy (non-hydrogen) atoms. The molecule has 0 unspecified atom stereocenters. The molecule has 4 rings (SSSR count). The highest BCUT2D eigenvalue weighted by molar-refractivity contribution is 5.99. The SMILES string of the molecule is CCOC(=O)c1cc(C2CC2)c2c(C)c(-c3cccc(C(C)=NO)c3)ccn2c1=O. The molecule has 2 aromatic heterocycles. The van der Waals surface area contributed by atoms with Gasteiger partial charge in [-0.1, -0.05) is 23.4 Å². The van der Waals surface area contributed by atoms with E-state index in [0.717, 1.165) is 46.2 Å². The van der Waals surface area contributed by atoms with Gasteiger partial charge in [-0.05, 0) is 85.5 Å². The van der Waals surface area contributed by atoms with Gasteiger partial charge in [0, 0.05) is 6.20 Å². The Morgan fingerprint density at radius 2 is 2.03 bits per heavy atom. The van der Waals surface area contributed by atoms with E-state index in [4.69, 9.17) is 9.94 Å². The summed E-state index contributed by atoms with van der Waals surface area (Å²) in [5.41, 5.74) is 5.89. The number of hydrogen-bond donors (Lipinski definition) is 1. The second-order valence-electron chi connectivity index (χ2n) is 7.65. The average molecular weight is 404 g/mol. The van der Waals surface area contributed by atoms with Crippen molar-refractivity contribution in [3.63, 3.8) is 0 Å². The quantitative estimate of drug-likeness (QED) is 0.293. The molecule has 1 fully saturated rings. The summed E-state index contributed by atoms with van der Waals surface area (Å²) >= 11 is 0. The first-order valence-corrected chi connectivity index (χ1v) is 10.1. The van der Waals surface area contributed by atoms with E-state index in [0.29, 0.717) is 11.6 Å². The van der Waals surface area contributed by atoms with E-state index in [1.807, 2.05) is 37.3 Å². The van der Waals surface area contributed by atoms with Gasteiger partial charge in [-0.15, -0.1) is 0 Å². The number of benzene rings is 1. The van der Waals surface area contributed by atoms with Crippen molar-refractivity contribution < 1.29 is 14.7 Å². The lowest BCUT2D eigenvalue weighted by atomic mass is 9.95. The van der Waals surface area contributed by atoms with Gasteiger partial charge in [-0.2, -0.15) is 0 Å². The van der Waals surface area contributed by atoms with Crippen LogP contribution in [0.15, 0.2) is 52.5 Å². The molecular formula is C24H24N2O4. The Balaban J connectivity index is 1.95. The summed E-state index contributed by atoms with van der Waals surface area (Å²) in [6.07, 6.45) is 3.82. The minimum absolute atomic E-state index is 0.0835. The van der Waals surface area contributed by atoms with Crippen LogP contribution < -0.4 is 5.56 Å². The van der Waals surface area contributed by atoms with Gasteiger partial charge in [0.25, 0.3) is 5.56 Å². The van der Waals surface area contributed by atoms with Gasteiger partial charge in [-0.3, -0.25) is 9.20 Å². The molecule has 0 saturated heterocycles. The fourth-order valence-corrected chi connectivity index (χ4v) is 3.94. The van der Waals surface area contributed by atoms with Gasteiger partial charge >= 0.3 is 5.97 Å². The summed E-state index contributed by atoms with van der Waals surface area (Å²) in [5, 5.41) is 12.4. The molecule has 6 nitrogen and oxygen atoms in total. The first-order chi connectivity index (χ1) is 14.5. The van der Waals surface area contributed by atoms with Crippen LogP contribution in [0.25, 0.3) is 16.6 Å². The van der Waals surface area contributed by atoms with Crippen molar-refractivity contribution >= 4 is 17.2 Å². The smallest absolute Gasteiger partial charge is 0.343 e. The molecule has 0 radical (unpaired) electrons. The second kappa shape index (κ2) is 7.78. The number of pyridine rings is 2. The lowest BCUT2D eigenvalue weighted by Crippen LogP contribution is -2.25. The first kappa shape index (κ1) is 19.9. The minimum Gasteiger partial charge on any atom is -0.462 e. The third-order valence-corrected chi connectivity index (χ3v) is 5.67. The topological polar surface area (TPSA) is 80.4 Å². The standard InChI is InChI=1S/C24H24N2O4/c1-4-30-24(28)21-13-20(16-8-9-16)22-14(2)19(10-11-26(22)23(21)27)18-7-5-6-17(12-18)15(3)25-29/h5-7,10-13,16,29H,4,8-9H2,1-3H3. The third-order valence-electron chi connectivity index (χ3n) is 5.67. The number of rotatable bonds is 5. The van der Waals surface area contributed by atoms with Crippen LogP contribution in [0.1, 0.15) is 59.7 Å². The van der Waals surface area contributed by atoms with Gasteiger partial charge in [0.1, 0.15) is 5.56 Å². The fourth-order valence-electron chi connectivity index (χ4n) is 3.94. The zero-order valence-corrected chi connectivity index (χ0v) is 17.3. The lowest BCUT2D eigenvalue weighted by Gasteiger charge is -2.16. The molecule has 0 amide bonds. The molecule has 0 spiro atoms. The minimum atomic E-state index is -0.577. The zero-order valence-electron chi connectivity index (χ0n) is 17.3. The Bertz CT molecular complexity index is 1240. The van der Waals surface area contributed by atoms with Gasteiger partial charge in [0.2, 0.25) is 0 Å². The highest BCUT2D eigenvalue weighted by Crippen LogP contribution is 2.43. The van der Waals surface area contributed by atoms with Gasteiger partial charge in [-0.25, -0.2) is 4.79 Å². The average Bonchev–Trinajstić information content (AvgIpc) is 3.59. The van der Waals surface area contributed by atoms with Crippen LogP contribution in [0, 0.1) is 6.92 Å². The summed E-state index contributed by atoms with van der Waals surface area (Å²) in [5.74, 6) is -0.232. The Labute approximate surface area is 174 Å². The van der Waals surface area contributed by atoms with E-state index >= 15 is 0 Å². The van der Waals surface area contributed by atoms with Crippen molar-refractivity contribution in [1.29, 1.82) is 0 Å². The number of esters is 1. The van der Waals surface area contributed by atoms with Crippen molar-refractivity contribution in [2.75, 3.05) is 6.61 Å². The van der Waals surface area contributed by atoms with E-state index in [1.165, 1.54) is 0 Å². The molecule has 154 valence electrons. The predicted octanol–water partition coefficient (Wildman–Crippen LogP) is 4.53. The Hall–Kier alpha value is -3.41. The van der Waals surface area contributed by atoms with Crippen LogP contribution in [0.2, 0.25) is 0 Å². The lowest BCUT2D eigenvalue weighted by molar-refractivity contribution is 0.0524. The molecule has 1 N–H and O–H groups in total. The summed E-state index contributed by atoms with van der Waals surface area (Å²) in [6, 6.07) is 11.4. The summed E-state index contributed by atoms with van der Waals surface area (Å²) in [7, 11) is 0. The molecule has 1 aliphatic carbocycles. The number of aromatic nitrogens is 1. The predicted molar refractivity (Wildman–Crippen MR) is 116 cm³/mol. The number of carbonyl (C=O) groups is 1. The number of ether oxygens (including phenoxy) is 1. The van der Waals surface area contributed by atoms with E-state index < -0.39 is 5.97 Å². The third kappa shape index (κ3) is 3.38. The second-order valence-corrected chi connectivity index (χ2v) is 7.65. The van der Waals surface area contributed by atoms with Crippen molar-refractivity contribution in [2.45, 2.75) is 39.5 Å². The van der Waals surface area contributed by atoms with Crippen molar-refractivity contribution in [3.8, 4) is 11.1 Å². The Morgan fingerprint density at radius 1 is 1.27 bits per heavy atom. The number of aryl methyl sites for hydroxylation is 1. The molecular weight excluding hydrogens is 380 g/mol. The van der Waals surface area contributed by atoms with Crippen LogP contribution in [0.4, 0.5) is 0 Å². The first-order valence-electron chi connectivity index (χ1n) is 10.1. The maximum absolute atomic E-state index is 13.0. The van der Waals surface area contributed by atoms with Crippen molar-refractivity contribution in [1.82, 2.24) is 4.40 Å². The molecule has 6 heteroatoms. The molecule has 0 atom stereocenters. The van der Waals surface area contributed by atoms with E-state index in [1.54, 1.807) is 30.5 Å². The van der Waals surface area contributed by atoms with Crippen LogP contribution in [-0.2, 0) is 4.74 Å². The Morgan fingerprint density at radius 3 is 2.70 bits per heavy atom. The van der Waals surface area contributed by atoms with Crippen LogP contribution in [0.5, 0.6) is 0 Å². The molecule has 1 saturated carbocycles. The number of carbonyl (C=O) groups excluding carboxylic acids is 1. The molecule has 0 aliphatic heterocycles. The summed E-state index contributed by atoms with van der Waals surface area (Å²) in [4.78, 5) is 25.4. The molecule has 1 aliphatic rings. The summed E-state index contributed by atoms with van der Waals surface area (Å²) < 4.78 is 6.67. The molecule has 0 bridgehead atoms. The van der Waals surface area contributed by atoms with Gasteiger partial charge in [0.15, 0.2) is 0 Å². The number of fused-ring (bicyclic) bond motifs is 1. The van der Waals surface area contributed by atoms with Gasteiger partial charge in [0.05, 0.1) is 17.8 Å². The van der Waals surface area contributed by atoms with Crippen LogP contribution in [-0.4, -0.2) is 27.9 Å². The maximum atomic E-state index is 13.0. The largest absolute Gasteiger partial charge is 0.462 e. The van der Waals surface area contributed by atoms with Crippen LogP contribution in [0.3, 0.4) is 0 Å². The number of hydrogen-bond acceptors (Lipinski definition) is 5. The van der Waals surface area contributed by atoms with E-state index in [-0.39, 0.29) is 17.7 Å². The van der Waals surface area contributed by atoms with Crippen molar-refractivity contribution in [2.24, 2.45) is 5.16 Å². The molecule has 2 heterocycles.